The van der Waals surface area contributed by atoms with Crippen LogP contribution in [0.15, 0.2) is 36.4 Å². The smallest absolute Gasteiger partial charge is 0.189 e. The van der Waals surface area contributed by atoms with Gasteiger partial charge < -0.3 is 23.7 Å². The van der Waals surface area contributed by atoms with Crippen molar-refractivity contribution < 1.29 is 28.5 Å². The van der Waals surface area contributed by atoms with Crippen LogP contribution in [-0.4, -0.2) is 39.3 Å². The number of carbonyl (C=O) groups excluding carboxylic acids is 1. The highest BCUT2D eigenvalue weighted by atomic mass is 16.5. The van der Waals surface area contributed by atoms with Gasteiger partial charge in [-0.25, -0.2) is 0 Å². The van der Waals surface area contributed by atoms with Gasteiger partial charge in [-0.2, -0.15) is 0 Å². The lowest BCUT2D eigenvalue weighted by molar-refractivity contribution is 0.104. The van der Waals surface area contributed by atoms with Gasteiger partial charge in [-0.3, -0.25) is 4.79 Å². The summed E-state index contributed by atoms with van der Waals surface area (Å²) in [7, 11) is 1.60. The van der Waals surface area contributed by atoms with Gasteiger partial charge in [0.1, 0.15) is 5.75 Å². The van der Waals surface area contributed by atoms with Gasteiger partial charge in [0.2, 0.25) is 0 Å². The van der Waals surface area contributed by atoms with Crippen LogP contribution in [0.25, 0.3) is 6.08 Å². The van der Waals surface area contributed by atoms with E-state index in [1.807, 2.05) is 24.3 Å². The summed E-state index contributed by atoms with van der Waals surface area (Å²) in [6, 6.07) is 9.13. The van der Waals surface area contributed by atoms with Crippen molar-refractivity contribution in [2.45, 2.75) is 55.4 Å². The lowest BCUT2D eigenvalue weighted by Crippen LogP contribution is -2.11. The van der Waals surface area contributed by atoms with E-state index in [1.54, 1.807) is 19.3 Å². The van der Waals surface area contributed by atoms with Crippen molar-refractivity contribution in [1.82, 2.24) is 0 Å². The maximum absolute atomic E-state index is 13.5. The molecular weight excluding hydrogens is 480 g/mol. The van der Waals surface area contributed by atoms with Crippen LogP contribution in [0.3, 0.4) is 0 Å². The Kier molecular flexibility index (Phi) is 12.5. The number of hydrogen-bond acceptors (Lipinski definition) is 6. The average molecular weight is 527 g/mol. The predicted molar refractivity (Wildman–Crippen MR) is 154 cm³/mol. The summed E-state index contributed by atoms with van der Waals surface area (Å²) >= 11 is 0. The SMILES string of the molecule is COc1cc(OCC(C)C)cc(/C=C/C(=O)c2cccc(OCC(C)C)c2OCC(C)C)c1OCC(C)C. The standard InChI is InChI=1S/C32H46O6/c1-21(2)17-35-26-15-25(31(30(16-26)34-9)37-19-23(5)6)13-14-28(33)27-11-10-12-29(36-18-22(3)4)32(27)38-20-24(7)8/h10-16,21-24H,17-20H2,1-9H3/b14-13+. The minimum absolute atomic E-state index is 0.193. The van der Waals surface area contributed by atoms with Crippen LogP contribution in [0.5, 0.6) is 28.7 Å². The van der Waals surface area contributed by atoms with Gasteiger partial charge >= 0.3 is 0 Å². The molecule has 210 valence electrons. The van der Waals surface area contributed by atoms with Crippen molar-refractivity contribution in [3.63, 3.8) is 0 Å². The second-order valence-electron chi connectivity index (χ2n) is 11.2. The van der Waals surface area contributed by atoms with Crippen molar-refractivity contribution >= 4 is 11.9 Å². The van der Waals surface area contributed by atoms with Gasteiger partial charge in [-0.05, 0) is 54.0 Å². The molecule has 0 aromatic heterocycles. The largest absolute Gasteiger partial charge is 0.493 e. The molecule has 2 aromatic rings. The highest BCUT2D eigenvalue weighted by molar-refractivity contribution is 6.09. The highest BCUT2D eigenvalue weighted by Gasteiger charge is 2.18. The molecule has 6 heteroatoms. The zero-order valence-electron chi connectivity index (χ0n) is 24.6. The molecule has 38 heavy (non-hydrogen) atoms. The number of hydrogen-bond donors (Lipinski definition) is 0. The number of allylic oxidation sites excluding steroid dienone is 1. The molecule has 0 N–H and O–H groups in total. The monoisotopic (exact) mass is 526 g/mol. The molecule has 0 unspecified atom stereocenters. The first kappa shape index (κ1) is 31.1. The summed E-state index contributed by atoms with van der Waals surface area (Å²) in [4.78, 5) is 13.5. The fourth-order valence-electron chi connectivity index (χ4n) is 3.36. The van der Waals surface area contributed by atoms with Gasteiger partial charge in [0.25, 0.3) is 0 Å². The Morgan fingerprint density at radius 1 is 0.711 bits per heavy atom. The van der Waals surface area contributed by atoms with Crippen LogP contribution in [0, 0.1) is 23.7 Å². The first-order valence-electron chi connectivity index (χ1n) is 13.6. The molecule has 0 fully saturated rings. The van der Waals surface area contributed by atoms with Crippen LogP contribution in [-0.2, 0) is 0 Å². The van der Waals surface area contributed by atoms with Crippen LogP contribution >= 0.6 is 0 Å². The molecule has 0 spiro atoms. The van der Waals surface area contributed by atoms with Gasteiger partial charge in [0.15, 0.2) is 28.8 Å². The van der Waals surface area contributed by atoms with E-state index in [1.165, 1.54) is 6.08 Å². The quantitative estimate of drug-likeness (QED) is 0.165. The van der Waals surface area contributed by atoms with E-state index in [0.717, 1.165) is 0 Å². The van der Waals surface area contributed by atoms with Crippen LogP contribution in [0.1, 0.15) is 71.3 Å². The Morgan fingerprint density at radius 2 is 1.26 bits per heavy atom. The fourth-order valence-corrected chi connectivity index (χ4v) is 3.36. The molecule has 0 heterocycles. The lowest BCUT2D eigenvalue weighted by Gasteiger charge is -2.18. The Bertz CT molecular complexity index is 1050. The van der Waals surface area contributed by atoms with Crippen molar-refractivity contribution in [1.29, 1.82) is 0 Å². The predicted octanol–water partition coefficient (Wildman–Crippen LogP) is 7.73. The number of ketones is 1. The summed E-state index contributed by atoms with van der Waals surface area (Å²) in [5, 5.41) is 0. The maximum Gasteiger partial charge on any atom is 0.189 e. The third-order valence-corrected chi connectivity index (χ3v) is 5.21. The Morgan fingerprint density at radius 3 is 1.84 bits per heavy atom. The Labute approximate surface area is 229 Å². The molecule has 2 rings (SSSR count). The summed E-state index contributed by atoms with van der Waals surface area (Å²) in [5.74, 6) is 3.98. The highest BCUT2D eigenvalue weighted by Crippen LogP contribution is 2.38. The summed E-state index contributed by atoms with van der Waals surface area (Å²) < 4.78 is 29.8. The number of benzene rings is 2. The maximum atomic E-state index is 13.5. The van der Waals surface area contributed by atoms with E-state index in [-0.39, 0.29) is 5.78 Å². The van der Waals surface area contributed by atoms with Crippen molar-refractivity contribution in [3.05, 3.63) is 47.5 Å². The second-order valence-corrected chi connectivity index (χ2v) is 11.2. The molecule has 6 nitrogen and oxygen atoms in total. The zero-order chi connectivity index (χ0) is 28.2. The van der Waals surface area contributed by atoms with Crippen LogP contribution in [0.2, 0.25) is 0 Å². The number of ether oxygens (including phenoxy) is 5. The molecule has 0 saturated heterocycles. The van der Waals surface area contributed by atoms with Crippen molar-refractivity contribution in [2.75, 3.05) is 33.5 Å². The molecule has 0 amide bonds. The molecule has 0 atom stereocenters. The summed E-state index contributed by atoms with van der Waals surface area (Å²) in [6.07, 6.45) is 3.28. The van der Waals surface area contributed by atoms with E-state index in [9.17, 15) is 4.79 Å². The minimum atomic E-state index is -0.193. The first-order valence-corrected chi connectivity index (χ1v) is 13.6. The Balaban J connectivity index is 2.47. The Hall–Kier alpha value is -3.15. The topological polar surface area (TPSA) is 63.2 Å². The van der Waals surface area contributed by atoms with Gasteiger partial charge in [-0.1, -0.05) is 61.5 Å². The molecule has 0 aliphatic carbocycles. The lowest BCUT2D eigenvalue weighted by atomic mass is 10.1. The van der Waals surface area contributed by atoms with Gasteiger partial charge in [0, 0.05) is 11.6 Å². The normalized spacial score (nSPS) is 11.6. The minimum Gasteiger partial charge on any atom is -0.493 e. The van der Waals surface area contributed by atoms with Crippen molar-refractivity contribution in [3.8, 4) is 28.7 Å². The number of carbonyl (C=O) groups is 1. The van der Waals surface area contributed by atoms with E-state index in [2.05, 4.69) is 55.4 Å². The second kappa shape index (κ2) is 15.3. The van der Waals surface area contributed by atoms with Crippen LogP contribution in [0.4, 0.5) is 0 Å². The van der Waals surface area contributed by atoms with Crippen LogP contribution < -0.4 is 23.7 Å². The molecule has 0 aliphatic rings. The average Bonchev–Trinajstić information content (AvgIpc) is 2.86. The summed E-state index contributed by atoms with van der Waals surface area (Å²) in [6.45, 7) is 18.7. The van der Waals surface area contributed by atoms with Crippen molar-refractivity contribution in [2.24, 2.45) is 23.7 Å². The fraction of sp³-hybridized carbons (Fsp3) is 0.531. The van der Waals surface area contributed by atoms with E-state index < -0.39 is 0 Å². The molecule has 0 bridgehead atoms. The molecular formula is C32H46O6. The number of rotatable bonds is 16. The third-order valence-electron chi connectivity index (χ3n) is 5.21. The van der Waals surface area contributed by atoms with E-state index in [0.29, 0.717) is 90.0 Å². The molecule has 0 radical (unpaired) electrons. The number of para-hydroxylation sites is 1. The third kappa shape index (κ3) is 9.96. The first-order chi connectivity index (χ1) is 18.0. The number of methoxy groups -OCH3 is 1. The van der Waals surface area contributed by atoms with E-state index in [4.69, 9.17) is 23.7 Å². The summed E-state index contributed by atoms with van der Waals surface area (Å²) in [5.41, 5.74) is 1.15. The van der Waals surface area contributed by atoms with E-state index >= 15 is 0 Å². The van der Waals surface area contributed by atoms with Gasteiger partial charge in [-0.15, -0.1) is 0 Å². The zero-order valence-corrected chi connectivity index (χ0v) is 24.6. The molecule has 2 aromatic carbocycles. The van der Waals surface area contributed by atoms with Gasteiger partial charge in [0.05, 0.1) is 39.1 Å². The molecule has 0 saturated carbocycles. The molecule has 0 aliphatic heterocycles.